The standard InChI is InChI=1S/C26H29F2N5O2S2/c1-32(2)20-9-7-19(8-10-20)30-26(36)33-13-11-17(12-14-33)24-31-21(16-37-24)23(34)29-15-18-5-3-4-6-22(18)35-25(27)28/h3-10,16-17,25H,11-15H2,1-2H3,(H,29,34)(H,30,36). The molecule has 1 fully saturated rings. The minimum absolute atomic E-state index is 0.0431. The number of thiazole rings is 1. The average Bonchev–Trinajstić information content (AvgIpc) is 3.39. The van der Waals surface area contributed by atoms with Crippen molar-refractivity contribution in [2.45, 2.75) is 31.9 Å². The number of benzene rings is 2. The Morgan fingerprint density at radius 3 is 2.57 bits per heavy atom. The molecular weight excluding hydrogens is 516 g/mol. The zero-order valence-corrected chi connectivity index (χ0v) is 22.2. The maximum Gasteiger partial charge on any atom is 0.387 e. The predicted molar refractivity (Wildman–Crippen MR) is 147 cm³/mol. The van der Waals surface area contributed by atoms with Crippen LogP contribution < -0.4 is 20.3 Å². The number of nitrogens with one attached hydrogen (secondary N) is 2. The van der Waals surface area contributed by atoms with Crippen molar-refractivity contribution in [3.8, 4) is 5.75 Å². The van der Waals surface area contributed by atoms with E-state index < -0.39 is 6.61 Å². The molecule has 1 aliphatic heterocycles. The van der Waals surface area contributed by atoms with Gasteiger partial charge in [0.1, 0.15) is 11.4 Å². The number of likely N-dealkylation sites (tertiary alicyclic amines) is 1. The summed E-state index contributed by atoms with van der Waals surface area (Å²) in [4.78, 5) is 21.4. The Morgan fingerprint density at radius 2 is 1.89 bits per heavy atom. The van der Waals surface area contributed by atoms with Gasteiger partial charge in [-0.3, -0.25) is 4.79 Å². The summed E-state index contributed by atoms with van der Waals surface area (Å²) < 4.78 is 29.7. The lowest BCUT2D eigenvalue weighted by atomic mass is 9.98. The summed E-state index contributed by atoms with van der Waals surface area (Å²) >= 11 is 7.09. The van der Waals surface area contributed by atoms with Crippen molar-refractivity contribution in [1.82, 2.24) is 15.2 Å². The van der Waals surface area contributed by atoms with Crippen molar-refractivity contribution in [2.75, 3.05) is 37.4 Å². The minimum Gasteiger partial charge on any atom is -0.434 e. The molecule has 0 saturated carbocycles. The van der Waals surface area contributed by atoms with Gasteiger partial charge in [0.15, 0.2) is 5.11 Å². The van der Waals surface area contributed by atoms with E-state index in [1.807, 2.05) is 43.3 Å². The predicted octanol–water partition coefficient (Wildman–Crippen LogP) is 5.32. The topological polar surface area (TPSA) is 69.7 Å². The number of anilines is 2. The van der Waals surface area contributed by atoms with Crippen molar-refractivity contribution >= 4 is 45.9 Å². The molecule has 0 spiro atoms. The maximum absolute atomic E-state index is 12.6. The fraction of sp³-hybridized carbons (Fsp3) is 0.346. The molecule has 196 valence electrons. The highest BCUT2D eigenvalue weighted by atomic mass is 32.1. The van der Waals surface area contributed by atoms with Crippen LogP contribution >= 0.6 is 23.6 Å². The van der Waals surface area contributed by atoms with Crippen molar-refractivity contribution < 1.29 is 18.3 Å². The number of hydrogen-bond acceptors (Lipinski definition) is 6. The van der Waals surface area contributed by atoms with Gasteiger partial charge >= 0.3 is 6.61 Å². The first-order valence-electron chi connectivity index (χ1n) is 11.9. The first-order valence-corrected chi connectivity index (χ1v) is 13.2. The summed E-state index contributed by atoms with van der Waals surface area (Å²) in [6.07, 6.45) is 1.77. The fourth-order valence-corrected chi connectivity index (χ4v) is 5.35. The fourth-order valence-electron chi connectivity index (χ4n) is 4.08. The molecule has 2 N–H and O–H groups in total. The molecule has 7 nitrogen and oxygen atoms in total. The second-order valence-electron chi connectivity index (χ2n) is 8.87. The van der Waals surface area contributed by atoms with E-state index in [9.17, 15) is 13.6 Å². The molecule has 0 atom stereocenters. The Balaban J connectivity index is 1.27. The summed E-state index contributed by atoms with van der Waals surface area (Å²) in [5.41, 5.74) is 2.88. The molecule has 1 amide bonds. The molecule has 2 aromatic carbocycles. The van der Waals surface area contributed by atoms with Crippen LogP contribution in [0.1, 0.15) is 39.8 Å². The Labute approximate surface area is 224 Å². The van der Waals surface area contributed by atoms with E-state index in [1.54, 1.807) is 23.6 Å². The zero-order chi connectivity index (χ0) is 26.4. The molecule has 37 heavy (non-hydrogen) atoms. The molecule has 0 bridgehead atoms. The number of nitrogens with zero attached hydrogens (tertiary/aromatic N) is 3. The van der Waals surface area contributed by atoms with Crippen LogP contribution in [-0.2, 0) is 6.54 Å². The molecule has 4 rings (SSSR count). The van der Waals surface area contributed by atoms with Gasteiger partial charge in [0.05, 0.1) is 5.01 Å². The van der Waals surface area contributed by atoms with Crippen LogP contribution in [0.15, 0.2) is 53.9 Å². The zero-order valence-electron chi connectivity index (χ0n) is 20.6. The number of rotatable bonds is 8. The van der Waals surface area contributed by atoms with Gasteiger partial charge in [-0.25, -0.2) is 4.98 Å². The van der Waals surface area contributed by atoms with E-state index in [0.29, 0.717) is 16.4 Å². The number of carbonyl (C=O) groups is 1. The van der Waals surface area contributed by atoms with Crippen molar-refractivity contribution in [1.29, 1.82) is 0 Å². The molecule has 1 aliphatic rings. The summed E-state index contributed by atoms with van der Waals surface area (Å²) in [7, 11) is 4.01. The molecule has 0 radical (unpaired) electrons. The maximum atomic E-state index is 12.6. The van der Waals surface area contributed by atoms with Crippen LogP contribution in [0.5, 0.6) is 5.75 Å². The van der Waals surface area contributed by atoms with Crippen LogP contribution in [0.3, 0.4) is 0 Å². The Kier molecular flexibility index (Phi) is 8.88. The van der Waals surface area contributed by atoms with Gasteiger partial charge in [-0.2, -0.15) is 8.78 Å². The molecule has 0 unspecified atom stereocenters. The van der Waals surface area contributed by atoms with E-state index in [2.05, 4.69) is 25.3 Å². The third-order valence-electron chi connectivity index (χ3n) is 6.15. The smallest absolute Gasteiger partial charge is 0.387 e. The molecule has 3 aromatic rings. The number of piperidine rings is 1. The second-order valence-corrected chi connectivity index (χ2v) is 10.1. The third kappa shape index (κ3) is 7.14. The van der Waals surface area contributed by atoms with Crippen LogP contribution in [0.4, 0.5) is 20.2 Å². The van der Waals surface area contributed by atoms with E-state index >= 15 is 0 Å². The third-order valence-corrected chi connectivity index (χ3v) is 7.52. The van der Waals surface area contributed by atoms with Crippen molar-refractivity contribution in [3.05, 3.63) is 70.2 Å². The van der Waals surface area contributed by atoms with E-state index in [-0.39, 0.29) is 24.1 Å². The first kappa shape index (κ1) is 26.7. The largest absolute Gasteiger partial charge is 0.434 e. The average molecular weight is 546 g/mol. The lowest BCUT2D eigenvalue weighted by molar-refractivity contribution is -0.0504. The number of carbonyl (C=O) groups excluding carboxylic acids is 1. The normalized spacial score (nSPS) is 13.9. The van der Waals surface area contributed by atoms with Gasteiger partial charge in [0.2, 0.25) is 0 Å². The van der Waals surface area contributed by atoms with Crippen molar-refractivity contribution in [2.24, 2.45) is 0 Å². The van der Waals surface area contributed by atoms with Gasteiger partial charge in [0, 0.05) is 62.0 Å². The Bertz CT molecular complexity index is 1210. The lowest BCUT2D eigenvalue weighted by Crippen LogP contribution is -2.40. The number of para-hydroxylation sites is 1. The van der Waals surface area contributed by atoms with Crippen LogP contribution in [0.2, 0.25) is 0 Å². The number of aromatic nitrogens is 1. The lowest BCUT2D eigenvalue weighted by Gasteiger charge is -2.33. The molecule has 2 heterocycles. The molecule has 1 aromatic heterocycles. The highest BCUT2D eigenvalue weighted by Crippen LogP contribution is 2.31. The first-order chi connectivity index (χ1) is 17.8. The molecule has 0 aliphatic carbocycles. The molecular formula is C26H29F2N5O2S2. The molecule has 1 saturated heterocycles. The monoisotopic (exact) mass is 545 g/mol. The van der Waals surface area contributed by atoms with Gasteiger partial charge in [-0.05, 0) is 55.4 Å². The number of amides is 1. The van der Waals surface area contributed by atoms with Gasteiger partial charge in [-0.15, -0.1) is 11.3 Å². The highest BCUT2D eigenvalue weighted by Gasteiger charge is 2.25. The van der Waals surface area contributed by atoms with Gasteiger partial charge < -0.3 is 25.2 Å². The summed E-state index contributed by atoms with van der Waals surface area (Å²) in [6, 6.07) is 14.5. The summed E-state index contributed by atoms with van der Waals surface area (Å²) in [5, 5.41) is 9.42. The Hall–Kier alpha value is -3.31. The number of hydrogen-bond donors (Lipinski definition) is 2. The van der Waals surface area contributed by atoms with Crippen LogP contribution in [0.25, 0.3) is 0 Å². The van der Waals surface area contributed by atoms with E-state index in [4.69, 9.17) is 12.2 Å². The number of ether oxygens (including phenoxy) is 1. The Morgan fingerprint density at radius 1 is 1.19 bits per heavy atom. The number of thiocarbonyl (C=S) groups is 1. The quantitative estimate of drug-likeness (QED) is 0.372. The summed E-state index contributed by atoms with van der Waals surface area (Å²) in [5.74, 6) is -0.0518. The number of alkyl halides is 2. The minimum atomic E-state index is -2.93. The van der Waals surface area contributed by atoms with Crippen LogP contribution in [0, 0.1) is 0 Å². The summed E-state index contributed by atoms with van der Waals surface area (Å²) in [6.45, 7) is -1.26. The highest BCUT2D eigenvalue weighted by molar-refractivity contribution is 7.80. The van der Waals surface area contributed by atoms with Crippen molar-refractivity contribution in [3.63, 3.8) is 0 Å². The molecule has 11 heteroatoms. The number of halogens is 2. The van der Waals surface area contributed by atoms with Gasteiger partial charge in [-0.1, -0.05) is 18.2 Å². The second kappa shape index (κ2) is 12.3. The van der Waals surface area contributed by atoms with E-state index in [0.717, 1.165) is 42.3 Å². The SMILES string of the molecule is CN(C)c1ccc(NC(=S)N2CCC(c3nc(C(=O)NCc4ccccc4OC(F)F)cs3)CC2)cc1. The van der Waals surface area contributed by atoms with Crippen LogP contribution in [-0.4, -0.2) is 54.7 Å². The van der Waals surface area contributed by atoms with Gasteiger partial charge in [0.25, 0.3) is 5.91 Å². The van der Waals surface area contributed by atoms with E-state index in [1.165, 1.54) is 17.4 Å².